The number of para-hydroxylation sites is 1. The Morgan fingerprint density at radius 2 is 2.00 bits per heavy atom. The molecule has 0 radical (unpaired) electrons. The zero-order chi connectivity index (χ0) is 16.8. The molecule has 0 atom stereocenters. The van der Waals surface area contributed by atoms with Crippen LogP contribution in [0.25, 0.3) is 0 Å². The Morgan fingerprint density at radius 3 is 2.55 bits per heavy atom. The van der Waals surface area contributed by atoms with E-state index in [9.17, 15) is 4.79 Å². The fraction of sp³-hybridized carbons (Fsp3) is 0.438. The molecule has 0 saturated carbocycles. The fourth-order valence-corrected chi connectivity index (χ4v) is 1.88. The summed E-state index contributed by atoms with van der Waals surface area (Å²) in [7, 11) is 1.84. The molecule has 2 N–H and O–H groups in total. The minimum absolute atomic E-state index is 0.0227. The molecule has 2 amide bonds. The predicted octanol–water partition coefficient (Wildman–Crippen LogP) is 2.79. The number of benzene rings is 1. The lowest BCUT2D eigenvalue weighted by Gasteiger charge is -2.17. The third-order valence-corrected chi connectivity index (χ3v) is 3.05. The number of aliphatic imine (C=N–C) groups is 1. The minimum Gasteiger partial charge on any atom is -0.342 e. The van der Waals surface area contributed by atoms with Crippen LogP contribution in [0.5, 0.6) is 0 Å². The summed E-state index contributed by atoms with van der Waals surface area (Å²) >= 11 is 0. The Bertz CT molecular complexity index is 464. The van der Waals surface area contributed by atoms with Gasteiger partial charge in [-0.15, -0.1) is 0 Å². The summed E-state index contributed by atoms with van der Waals surface area (Å²) in [6.45, 7) is 6.48. The molecule has 0 heterocycles. The summed E-state index contributed by atoms with van der Waals surface area (Å²) in [4.78, 5) is 26.7. The van der Waals surface area contributed by atoms with Gasteiger partial charge in [0.25, 0.3) is 5.91 Å². The molecule has 1 rings (SSSR count). The number of hydroxylamine groups is 1. The third kappa shape index (κ3) is 7.54. The predicted molar refractivity (Wildman–Crippen MR) is 87.7 cm³/mol. The summed E-state index contributed by atoms with van der Waals surface area (Å²) in [6, 6.07) is 7.33. The lowest BCUT2D eigenvalue weighted by atomic mass is 10.1. The molecule has 0 aromatic heterocycles. The van der Waals surface area contributed by atoms with Crippen molar-refractivity contribution < 1.29 is 14.8 Å². The lowest BCUT2D eigenvalue weighted by molar-refractivity contribution is -0.116. The average molecular weight is 307 g/mol. The number of carbonyl (C=O) groups excluding carboxylic acids is 2. The monoisotopic (exact) mass is 307 g/mol. The minimum atomic E-state index is 0.0227. The van der Waals surface area contributed by atoms with Crippen LogP contribution in [0.2, 0.25) is 0 Å². The number of hydrogen-bond acceptors (Lipinski definition) is 4. The van der Waals surface area contributed by atoms with Gasteiger partial charge in [-0.3, -0.25) is 19.8 Å². The van der Waals surface area contributed by atoms with E-state index in [1.165, 1.54) is 24.7 Å². The smallest absolute Gasteiger partial charge is 0.255 e. The molecule has 0 saturated heterocycles. The molecule has 0 fully saturated rings. The summed E-state index contributed by atoms with van der Waals surface area (Å²) in [5, 5.41) is 7.26. The average Bonchev–Trinajstić information content (AvgIpc) is 2.58. The maximum absolute atomic E-state index is 12.2. The van der Waals surface area contributed by atoms with Crippen LogP contribution in [0.4, 0.5) is 5.69 Å². The van der Waals surface area contributed by atoms with Crippen LogP contribution in [0, 0.1) is 0 Å². The van der Waals surface area contributed by atoms with Crippen LogP contribution in [0.15, 0.2) is 29.3 Å². The van der Waals surface area contributed by atoms with Crippen LogP contribution in [-0.4, -0.2) is 42.7 Å². The molecule has 1 aromatic rings. The first-order chi connectivity index (χ1) is 10.6. The Balaban J connectivity index is 0.000000980. The Labute approximate surface area is 131 Å². The molecule has 0 aliphatic rings. The first kappa shape index (κ1) is 19.8. The van der Waals surface area contributed by atoms with E-state index in [2.05, 4.69) is 18.6 Å². The van der Waals surface area contributed by atoms with Gasteiger partial charge in [-0.2, -0.15) is 0 Å². The molecule has 6 heteroatoms. The second-order valence-corrected chi connectivity index (χ2v) is 4.71. The summed E-state index contributed by atoms with van der Waals surface area (Å²) in [5.41, 5.74) is 2.54. The third-order valence-electron chi connectivity index (χ3n) is 3.05. The number of hydrogen-bond donors (Lipinski definition) is 2. The van der Waals surface area contributed by atoms with E-state index in [-0.39, 0.29) is 12.3 Å². The van der Waals surface area contributed by atoms with Gasteiger partial charge in [-0.1, -0.05) is 38.3 Å². The Morgan fingerprint density at radius 1 is 1.36 bits per heavy atom. The quantitative estimate of drug-likeness (QED) is 0.255. The van der Waals surface area contributed by atoms with Crippen molar-refractivity contribution in [1.82, 2.24) is 10.4 Å². The highest BCUT2D eigenvalue weighted by Gasteiger charge is 2.14. The second kappa shape index (κ2) is 12.5. The Hall–Kier alpha value is -2.21. The number of unbranched alkanes of at least 4 members (excludes halogenated alkanes) is 3. The molecule has 0 bridgehead atoms. The van der Waals surface area contributed by atoms with Crippen LogP contribution in [0.1, 0.15) is 43.0 Å². The number of nitrogens with one attached hydrogen (secondary N) is 1. The van der Waals surface area contributed by atoms with Crippen molar-refractivity contribution in [2.45, 2.75) is 32.6 Å². The van der Waals surface area contributed by atoms with Crippen LogP contribution in [-0.2, 0) is 4.79 Å². The van der Waals surface area contributed by atoms with E-state index in [1.807, 2.05) is 25.2 Å². The number of carbonyl (C=O) groups is 2. The van der Waals surface area contributed by atoms with Gasteiger partial charge in [0.2, 0.25) is 6.41 Å². The van der Waals surface area contributed by atoms with Gasteiger partial charge in [0.05, 0.1) is 11.3 Å². The van der Waals surface area contributed by atoms with E-state index in [0.29, 0.717) is 11.3 Å². The number of rotatable bonds is 8. The normalized spacial score (nSPS) is 9.23. The standard InChI is InChI=1S/C15H22N2O.CH3NO2/c1-4-5-6-9-12-17(3)15(18)13-10-7-8-11-14(13)16-2;3-1-2-4/h7-8,10-11H,2,4-6,9,12H2,1,3H3;1,4H,(H,2,3). The molecule has 122 valence electrons. The number of nitrogens with zero attached hydrogens (tertiary/aromatic N) is 2. The fourth-order valence-electron chi connectivity index (χ4n) is 1.88. The maximum atomic E-state index is 12.2. The van der Waals surface area contributed by atoms with Gasteiger partial charge in [0.15, 0.2) is 0 Å². The van der Waals surface area contributed by atoms with Gasteiger partial charge in [-0.05, 0) is 25.3 Å². The lowest BCUT2D eigenvalue weighted by Crippen LogP contribution is -2.27. The highest BCUT2D eigenvalue weighted by molar-refractivity contribution is 5.99. The van der Waals surface area contributed by atoms with E-state index in [4.69, 9.17) is 10.0 Å². The molecule has 22 heavy (non-hydrogen) atoms. The van der Waals surface area contributed by atoms with Crippen molar-refractivity contribution in [3.8, 4) is 0 Å². The molecule has 6 nitrogen and oxygen atoms in total. The second-order valence-electron chi connectivity index (χ2n) is 4.71. The first-order valence-electron chi connectivity index (χ1n) is 7.26. The first-order valence-corrected chi connectivity index (χ1v) is 7.26. The summed E-state index contributed by atoms with van der Waals surface area (Å²) in [6.07, 6.45) is 4.85. The molecule has 0 aliphatic heterocycles. The molecular weight excluding hydrogens is 282 g/mol. The summed E-state index contributed by atoms with van der Waals surface area (Å²) < 4.78 is 0. The van der Waals surface area contributed by atoms with E-state index < -0.39 is 0 Å². The zero-order valence-electron chi connectivity index (χ0n) is 13.3. The highest BCUT2D eigenvalue weighted by atomic mass is 16.5. The van der Waals surface area contributed by atoms with Crippen molar-refractivity contribution in [2.24, 2.45) is 4.99 Å². The van der Waals surface area contributed by atoms with Gasteiger partial charge < -0.3 is 4.90 Å². The molecule has 1 aromatic carbocycles. The molecule has 0 spiro atoms. The van der Waals surface area contributed by atoms with Crippen molar-refractivity contribution in [1.29, 1.82) is 0 Å². The largest absolute Gasteiger partial charge is 0.342 e. The number of amides is 2. The van der Waals surface area contributed by atoms with Crippen molar-refractivity contribution >= 4 is 24.7 Å². The topological polar surface area (TPSA) is 82.0 Å². The maximum Gasteiger partial charge on any atom is 0.255 e. The van der Waals surface area contributed by atoms with Crippen molar-refractivity contribution in [3.05, 3.63) is 29.8 Å². The molecule has 0 unspecified atom stereocenters. The highest BCUT2D eigenvalue weighted by Crippen LogP contribution is 2.19. The molecule has 0 aliphatic carbocycles. The van der Waals surface area contributed by atoms with E-state index in [0.717, 1.165) is 13.0 Å². The van der Waals surface area contributed by atoms with Gasteiger partial charge >= 0.3 is 0 Å². The van der Waals surface area contributed by atoms with Crippen molar-refractivity contribution in [2.75, 3.05) is 13.6 Å². The molecular formula is C16H25N3O3. The van der Waals surface area contributed by atoms with E-state index in [1.54, 1.807) is 11.0 Å². The zero-order valence-corrected chi connectivity index (χ0v) is 13.3. The van der Waals surface area contributed by atoms with E-state index >= 15 is 0 Å². The summed E-state index contributed by atoms with van der Waals surface area (Å²) in [5.74, 6) is 0.0227. The van der Waals surface area contributed by atoms with Crippen LogP contribution in [0.3, 0.4) is 0 Å². The SMILES string of the molecule is C=Nc1ccccc1C(=O)N(C)CCCCCC.O=CNO. The Kier molecular flexibility index (Phi) is 11.3. The van der Waals surface area contributed by atoms with Gasteiger partial charge in [0, 0.05) is 13.6 Å². The van der Waals surface area contributed by atoms with Crippen molar-refractivity contribution in [3.63, 3.8) is 0 Å². The van der Waals surface area contributed by atoms with Crippen LogP contribution < -0.4 is 5.48 Å². The van der Waals surface area contributed by atoms with Crippen LogP contribution >= 0.6 is 0 Å². The van der Waals surface area contributed by atoms with Gasteiger partial charge in [0.1, 0.15) is 0 Å². The van der Waals surface area contributed by atoms with Gasteiger partial charge in [-0.25, -0.2) is 5.48 Å².